The van der Waals surface area contributed by atoms with Crippen LogP contribution in [0.1, 0.15) is 33.6 Å². The molecule has 0 aliphatic heterocycles. The molecule has 0 saturated heterocycles. The van der Waals surface area contributed by atoms with Crippen LogP contribution in [0.2, 0.25) is 0 Å². The van der Waals surface area contributed by atoms with Crippen LogP contribution in [0.4, 0.5) is 0 Å². The SMILES string of the molecule is CCC(C)(C)C(=O)OCCCN=[N+]=[N-]. The highest BCUT2D eigenvalue weighted by Crippen LogP contribution is 2.21. The van der Waals surface area contributed by atoms with Crippen molar-refractivity contribution in [1.82, 2.24) is 0 Å². The predicted octanol–water partition coefficient (Wildman–Crippen LogP) is 2.67. The second kappa shape index (κ2) is 6.27. The highest BCUT2D eigenvalue weighted by Gasteiger charge is 2.26. The van der Waals surface area contributed by atoms with Gasteiger partial charge in [-0.25, -0.2) is 0 Å². The Morgan fingerprint density at radius 1 is 1.57 bits per heavy atom. The van der Waals surface area contributed by atoms with Crippen LogP contribution in [0.25, 0.3) is 10.4 Å². The Balaban J connectivity index is 3.69. The molecule has 0 aliphatic carbocycles. The molecule has 0 N–H and O–H groups in total. The van der Waals surface area contributed by atoms with Gasteiger partial charge in [0.25, 0.3) is 0 Å². The zero-order valence-corrected chi connectivity index (χ0v) is 8.99. The largest absolute Gasteiger partial charge is 0.465 e. The summed E-state index contributed by atoms with van der Waals surface area (Å²) in [5, 5.41) is 3.34. The van der Waals surface area contributed by atoms with Gasteiger partial charge in [-0.05, 0) is 32.2 Å². The molecule has 0 amide bonds. The van der Waals surface area contributed by atoms with E-state index in [0.717, 1.165) is 6.42 Å². The smallest absolute Gasteiger partial charge is 0.311 e. The van der Waals surface area contributed by atoms with E-state index in [2.05, 4.69) is 10.0 Å². The highest BCUT2D eigenvalue weighted by molar-refractivity contribution is 5.75. The van der Waals surface area contributed by atoms with E-state index in [-0.39, 0.29) is 5.97 Å². The van der Waals surface area contributed by atoms with Gasteiger partial charge >= 0.3 is 5.97 Å². The van der Waals surface area contributed by atoms with Crippen molar-refractivity contribution >= 4 is 5.97 Å². The number of hydrogen-bond acceptors (Lipinski definition) is 3. The first kappa shape index (κ1) is 12.8. The van der Waals surface area contributed by atoms with Crippen LogP contribution in [0.3, 0.4) is 0 Å². The molecule has 0 aromatic carbocycles. The maximum Gasteiger partial charge on any atom is 0.311 e. The molecule has 5 nitrogen and oxygen atoms in total. The first-order chi connectivity index (χ1) is 6.54. The summed E-state index contributed by atoms with van der Waals surface area (Å²) in [6.45, 7) is 6.34. The molecule has 0 heterocycles. The molecule has 0 radical (unpaired) electrons. The molecule has 0 spiro atoms. The Morgan fingerprint density at radius 2 is 2.21 bits per heavy atom. The molecule has 14 heavy (non-hydrogen) atoms. The maximum atomic E-state index is 11.4. The summed E-state index contributed by atoms with van der Waals surface area (Å²) in [6.07, 6.45) is 1.33. The average molecular weight is 199 g/mol. The third-order valence-electron chi connectivity index (χ3n) is 2.14. The fourth-order valence-corrected chi connectivity index (χ4v) is 0.685. The number of ether oxygens (including phenoxy) is 1. The van der Waals surface area contributed by atoms with Gasteiger partial charge < -0.3 is 4.74 Å². The number of rotatable bonds is 6. The van der Waals surface area contributed by atoms with Crippen LogP contribution < -0.4 is 0 Å². The van der Waals surface area contributed by atoms with Crippen molar-refractivity contribution in [2.24, 2.45) is 10.5 Å². The summed E-state index contributed by atoms with van der Waals surface area (Å²) in [4.78, 5) is 14.0. The predicted molar refractivity (Wildman–Crippen MR) is 53.7 cm³/mol. The van der Waals surface area contributed by atoms with Gasteiger partial charge in [-0.15, -0.1) is 0 Å². The minimum Gasteiger partial charge on any atom is -0.465 e. The van der Waals surface area contributed by atoms with Crippen LogP contribution in [-0.4, -0.2) is 19.1 Å². The van der Waals surface area contributed by atoms with Gasteiger partial charge in [-0.3, -0.25) is 4.79 Å². The molecule has 0 aromatic rings. The number of carbonyl (C=O) groups excluding carboxylic acids is 1. The lowest BCUT2D eigenvalue weighted by Gasteiger charge is -2.19. The summed E-state index contributed by atoms with van der Waals surface area (Å²) >= 11 is 0. The van der Waals surface area contributed by atoms with E-state index >= 15 is 0 Å². The van der Waals surface area contributed by atoms with Gasteiger partial charge in [0.2, 0.25) is 0 Å². The number of esters is 1. The Morgan fingerprint density at radius 3 is 2.71 bits per heavy atom. The summed E-state index contributed by atoms with van der Waals surface area (Å²) in [7, 11) is 0. The Labute approximate surface area is 84.1 Å². The van der Waals surface area contributed by atoms with E-state index in [1.165, 1.54) is 0 Å². The molecule has 0 saturated carbocycles. The summed E-state index contributed by atoms with van der Waals surface area (Å²) in [5.41, 5.74) is 7.57. The van der Waals surface area contributed by atoms with Gasteiger partial charge in [0.15, 0.2) is 0 Å². The third kappa shape index (κ3) is 4.72. The molecule has 0 aromatic heterocycles. The normalized spacial score (nSPS) is 10.5. The minimum atomic E-state index is -0.418. The standard InChI is InChI=1S/C9H17N3O2/c1-4-9(2,3)8(13)14-7-5-6-11-12-10/h4-7H2,1-3H3. The number of hydrogen-bond donors (Lipinski definition) is 0. The Kier molecular flexibility index (Phi) is 5.72. The first-order valence-corrected chi connectivity index (χ1v) is 4.72. The monoisotopic (exact) mass is 199 g/mol. The Bertz CT molecular complexity index is 232. The van der Waals surface area contributed by atoms with E-state index in [1.54, 1.807) is 0 Å². The van der Waals surface area contributed by atoms with Crippen molar-refractivity contribution in [3.63, 3.8) is 0 Å². The molecule has 0 fully saturated rings. The van der Waals surface area contributed by atoms with Gasteiger partial charge in [-0.1, -0.05) is 12.0 Å². The lowest BCUT2D eigenvalue weighted by atomic mass is 9.91. The molecular formula is C9H17N3O2. The summed E-state index contributed by atoms with van der Waals surface area (Å²) in [6, 6.07) is 0. The van der Waals surface area contributed by atoms with Gasteiger partial charge in [0.05, 0.1) is 12.0 Å². The second-order valence-corrected chi connectivity index (χ2v) is 3.68. The average Bonchev–Trinajstić information content (AvgIpc) is 2.17. The first-order valence-electron chi connectivity index (χ1n) is 4.72. The van der Waals surface area contributed by atoms with E-state index in [0.29, 0.717) is 19.6 Å². The topological polar surface area (TPSA) is 75.1 Å². The van der Waals surface area contributed by atoms with Gasteiger partial charge in [0.1, 0.15) is 0 Å². The van der Waals surface area contributed by atoms with Crippen LogP contribution >= 0.6 is 0 Å². The fourth-order valence-electron chi connectivity index (χ4n) is 0.685. The third-order valence-corrected chi connectivity index (χ3v) is 2.14. The second-order valence-electron chi connectivity index (χ2n) is 3.68. The lowest BCUT2D eigenvalue weighted by Crippen LogP contribution is -2.26. The van der Waals surface area contributed by atoms with Crippen molar-refractivity contribution in [1.29, 1.82) is 0 Å². The zero-order valence-electron chi connectivity index (χ0n) is 8.99. The van der Waals surface area contributed by atoms with Crippen molar-refractivity contribution in [2.45, 2.75) is 33.6 Å². The van der Waals surface area contributed by atoms with Crippen LogP contribution in [0, 0.1) is 5.41 Å². The van der Waals surface area contributed by atoms with E-state index in [4.69, 9.17) is 10.3 Å². The van der Waals surface area contributed by atoms with Crippen LogP contribution in [0.5, 0.6) is 0 Å². The van der Waals surface area contributed by atoms with E-state index in [9.17, 15) is 4.79 Å². The Hall–Kier alpha value is -1.22. The summed E-state index contributed by atoms with van der Waals surface area (Å²) < 4.78 is 5.02. The molecule has 0 aliphatic rings. The molecule has 80 valence electrons. The summed E-state index contributed by atoms with van der Waals surface area (Å²) in [5.74, 6) is -0.194. The number of azide groups is 1. The highest BCUT2D eigenvalue weighted by atomic mass is 16.5. The van der Waals surface area contributed by atoms with E-state index < -0.39 is 5.41 Å². The van der Waals surface area contributed by atoms with Crippen molar-refractivity contribution < 1.29 is 9.53 Å². The molecule has 0 unspecified atom stereocenters. The van der Waals surface area contributed by atoms with Crippen molar-refractivity contribution in [3.05, 3.63) is 10.4 Å². The number of carbonyl (C=O) groups is 1. The van der Waals surface area contributed by atoms with Crippen molar-refractivity contribution in [2.75, 3.05) is 13.2 Å². The van der Waals surface area contributed by atoms with Crippen molar-refractivity contribution in [3.8, 4) is 0 Å². The fraction of sp³-hybridized carbons (Fsp3) is 0.889. The molecule has 0 atom stereocenters. The lowest BCUT2D eigenvalue weighted by molar-refractivity contribution is -0.154. The molecule has 5 heteroatoms. The van der Waals surface area contributed by atoms with Gasteiger partial charge in [0, 0.05) is 11.5 Å². The quantitative estimate of drug-likeness (QED) is 0.217. The molecule has 0 rings (SSSR count). The maximum absolute atomic E-state index is 11.4. The van der Waals surface area contributed by atoms with Crippen LogP contribution in [0.15, 0.2) is 5.11 Å². The molecular weight excluding hydrogens is 182 g/mol. The number of nitrogens with zero attached hydrogens (tertiary/aromatic N) is 3. The van der Waals surface area contributed by atoms with E-state index in [1.807, 2.05) is 20.8 Å². The minimum absolute atomic E-state index is 0.194. The zero-order chi connectivity index (χ0) is 11.0. The van der Waals surface area contributed by atoms with Crippen LogP contribution in [-0.2, 0) is 9.53 Å². The van der Waals surface area contributed by atoms with Gasteiger partial charge in [-0.2, -0.15) is 0 Å². The molecule has 0 bridgehead atoms.